The number of nitrogens with one attached hydrogen (secondary N) is 2. The van der Waals surface area contributed by atoms with Gasteiger partial charge >= 0.3 is 23.9 Å². The minimum Gasteiger partial charge on any atom is -0.479 e. The first-order valence-corrected chi connectivity index (χ1v) is 8.90. The van der Waals surface area contributed by atoms with Crippen LogP contribution < -0.4 is 10.8 Å². The molecule has 1 aliphatic carbocycles. The van der Waals surface area contributed by atoms with Crippen molar-refractivity contribution in [1.29, 1.82) is 0 Å². The summed E-state index contributed by atoms with van der Waals surface area (Å²) in [6.07, 6.45) is -1.12. The Kier molecular flexibility index (Phi) is 6.26. The molecule has 2 aromatic carbocycles. The van der Waals surface area contributed by atoms with Gasteiger partial charge in [0.05, 0.1) is 6.54 Å². The fraction of sp³-hybridized carbons (Fsp3) is 0.250. The molecule has 0 spiro atoms. The van der Waals surface area contributed by atoms with Gasteiger partial charge in [-0.15, -0.1) is 0 Å². The molecule has 158 valence electrons. The normalized spacial score (nSPS) is 12.6. The van der Waals surface area contributed by atoms with Gasteiger partial charge < -0.3 is 15.2 Å². The fourth-order valence-electron chi connectivity index (χ4n) is 3.15. The largest absolute Gasteiger partial charge is 0.479 e. The van der Waals surface area contributed by atoms with Crippen molar-refractivity contribution in [2.75, 3.05) is 19.8 Å². The van der Waals surface area contributed by atoms with Crippen LogP contribution in [0.4, 0.5) is 13.6 Å². The molecule has 1 aliphatic rings. The number of hydroxylamine groups is 1. The molecule has 0 bridgehead atoms. The zero-order valence-corrected chi connectivity index (χ0v) is 15.6. The van der Waals surface area contributed by atoms with Gasteiger partial charge in [-0.05, 0) is 22.3 Å². The third-order valence-electron chi connectivity index (χ3n) is 4.49. The van der Waals surface area contributed by atoms with Crippen LogP contribution >= 0.6 is 0 Å². The predicted molar refractivity (Wildman–Crippen MR) is 99.7 cm³/mol. The number of carbonyl (C=O) groups excluding carboxylic acids is 2. The number of ether oxygens (including phenoxy) is 1. The van der Waals surface area contributed by atoms with Crippen molar-refractivity contribution in [2.24, 2.45) is 0 Å². The van der Waals surface area contributed by atoms with Crippen molar-refractivity contribution in [2.45, 2.75) is 11.8 Å². The Bertz CT molecular complexity index is 920. The van der Waals surface area contributed by atoms with E-state index in [0.717, 1.165) is 22.3 Å². The molecule has 10 heteroatoms. The molecule has 8 nitrogen and oxygen atoms in total. The van der Waals surface area contributed by atoms with E-state index >= 15 is 0 Å². The van der Waals surface area contributed by atoms with Crippen molar-refractivity contribution in [3.63, 3.8) is 0 Å². The number of amides is 2. The Morgan fingerprint density at radius 3 is 2.13 bits per heavy atom. The van der Waals surface area contributed by atoms with Gasteiger partial charge in [0, 0.05) is 5.92 Å². The molecule has 3 rings (SSSR count). The van der Waals surface area contributed by atoms with Gasteiger partial charge in [0.25, 0.3) is 0 Å². The monoisotopic (exact) mass is 420 g/mol. The topological polar surface area (TPSA) is 114 Å². The van der Waals surface area contributed by atoms with Gasteiger partial charge in [-0.25, -0.2) is 15.1 Å². The molecule has 0 fully saturated rings. The van der Waals surface area contributed by atoms with E-state index in [0.29, 0.717) is 0 Å². The number of carboxylic acid groups (broad SMARTS) is 1. The highest BCUT2D eigenvalue weighted by Crippen LogP contribution is 2.44. The number of alkyl carbamates (subject to hydrolysis) is 1. The van der Waals surface area contributed by atoms with Crippen molar-refractivity contribution < 1.29 is 37.8 Å². The molecule has 0 saturated carbocycles. The third-order valence-corrected chi connectivity index (χ3v) is 4.49. The molecule has 0 atom stereocenters. The molecule has 0 unspecified atom stereocenters. The third kappa shape index (κ3) is 4.71. The van der Waals surface area contributed by atoms with Crippen LogP contribution in [0.25, 0.3) is 11.1 Å². The summed E-state index contributed by atoms with van der Waals surface area (Å²) < 4.78 is 32.6. The summed E-state index contributed by atoms with van der Waals surface area (Å²) in [5, 5.41) is 10.2. The molecule has 3 N–H and O–H groups in total. The number of rotatable bonds is 8. The Balaban J connectivity index is 1.54. The molecule has 30 heavy (non-hydrogen) atoms. The second kappa shape index (κ2) is 8.87. The average Bonchev–Trinajstić information content (AvgIpc) is 3.04. The van der Waals surface area contributed by atoms with E-state index in [2.05, 4.69) is 4.84 Å². The van der Waals surface area contributed by atoms with Gasteiger partial charge in [0.1, 0.15) is 6.61 Å². The van der Waals surface area contributed by atoms with Crippen LogP contribution in [-0.2, 0) is 19.2 Å². The molecule has 0 saturated heterocycles. The van der Waals surface area contributed by atoms with E-state index in [9.17, 15) is 23.2 Å². The van der Waals surface area contributed by atoms with Crippen LogP contribution in [-0.4, -0.2) is 48.8 Å². The van der Waals surface area contributed by atoms with Crippen molar-refractivity contribution in [1.82, 2.24) is 10.8 Å². The molecule has 0 heterocycles. The zero-order chi connectivity index (χ0) is 21.7. The second-order valence-electron chi connectivity index (χ2n) is 6.50. The predicted octanol–water partition coefficient (Wildman–Crippen LogP) is 2.29. The van der Waals surface area contributed by atoms with Gasteiger partial charge in [0.15, 0.2) is 6.61 Å². The maximum atomic E-state index is 13.7. The average molecular weight is 420 g/mol. The summed E-state index contributed by atoms with van der Waals surface area (Å²) in [5.74, 6) is -7.60. The summed E-state index contributed by atoms with van der Waals surface area (Å²) in [7, 11) is 0. The molecular formula is C20H18F2N2O6. The first-order chi connectivity index (χ1) is 14.3. The van der Waals surface area contributed by atoms with Gasteiger partial charge in [-0.3, -0.25) is 9.63 Å². The highest BCUT2D eigenvalue weighted by atomic mass is 19.3. The highest BCUT2D eigenvalue weighted by molar-refractivity contribution is 5.83. The minimum absolute atomic E-state index is 0.0701. The maximum absolute atomic E-state index is 13.7. The van der Waals surface area contributed by atoms with E-state index in [1.807, 2.05) is 53.8 Å². The molecule has 2 aromatic rings. The maximum Gasteiger partial charge on any atom is 0.407 e. The molecule has 0 aromatic heterocycles. The number of carbonyl (C=O) groups is 3. The van der Waals surface area contributed by atoms with E-state index in [1.165, 1.54) is 5.48 Å². The summed E-state index contributed by atoms with van der Waals surface area (Å²) in [6.45, 7) is -2.40. The lowest BCUT2D eigenvalue weighted by Gasteiger charge is -2.17. The summed E-state index contributed by atoms with van der Waals surface area (Å²) in [6, 6.07) is 15.3. The summed E-state index contributed by atoms with van der Waals surface area (Å²) >= 11 is 0. The lowest BCUT2D eigenvalue weighted by Crippen LogP contribution is -2.48. The first kappa shape index (κ1) is 21.2. The quantitative estimate of drug-likeness (QED) is 0.565. The smallest absolute Gasteiger partial charge is 0.407 e. The lowest BCUT2D eigenvalue weighted by atomic mass is 9.98. The number of halogens is 2. The minimum atomic E-state index is -4.02. The highest BCUT2D eigenvalue weighted by Gasteiger charge is 2.40. The number of hydrogen-bond acceptors (Lipinski definition) is 5. The van der Waals surface area contributed by atoms with E-state index in [4.69, 9.17) is 9.84 Å². The van der Waals surface area contributed by atoms with Gasteiger partial charge in [-0.1, -0.05) is 48.5 Å². The number of hydrogen-bond donors (Lipinski definition) is 3. The Morgan fingerprint density at radius 1 is 1.00 bits per heavy atom. The fourth-order valence-corrected chi connectivity index (χ4v) is 3.15. The molecular weight excluding hydrogens is 402 g/mol. The van der Waals surface area contributed by atoms with Crippen molar-refractivity contribution in [3.05, 3.63) is 59.7 Å². The second-order valence-corrected chi connectivity index (χ2v) is 6.50. The standard InChI is InChI=1S/C20H18F2N2O6/c21-20(22,18(27)24-30-10-17(25)26)11-23-19(28)29-9-16-14-7-3-1-5-12(14)13-6-2-4-8-15(13)16/h1-8,16H,9-11H2,(H,23,28)(H,24,27)(H,25,26). The molecule has 0 aliphatic heterocycles. The number of aliphatic carboxylic acids is 1. The van der Waals surface area contributed by atoms with E-state index < -0.39 is 37.0 Å². The Hall–Kier alpha value is -3.53. The van der Waals surface area contributed by atoms with Crippen LogP contribution in [0.5, 0.6) is 0 Å². The van der Waals surface area contributed by atoms with Crippen molar-refractivity contribution >= 4 is 18.0 Å². The Labute approximate surface area is 169 Å². The SMILES string of the molecule is O=C(O)CONC(=O)C(F)(F)CNC(=O)OCC1c2ccccc2-c2ccccc21. The summed E-state index contributed by atoms with van der Waals surface area (Å²) in [4.78, 5) is 37.6. The van der Waals surface area contributed by atoms with Crippen molar-refractivity contribution in [3.8, 4) is 11.1 Å². The number of fused-ring (bicyclic) bond motifs is 3. The number of alkyl halides is 2. The van der Waals surface area contributed by atoms with Crippen LogP contribution in [0.15, 0.2) is 48.5 Å². The van der Waals surface area contributed by atoms with Crippen LogP contribution in [0.3, 0.4) is 0 Å². The van der Waals surface area contributed by atoms with Gasteiger partial charge in [-0.2, -0.15) is 8.78 Å². The van der Waals surface area contributed by atoms with E-state index in [1.54, 1.807) is 0 Å². The number of benzene rings is 2. The molecule has 2 amide bonds. The Morgan fingerprint density at radius 2 is 1.57 bits per heavy atom. The van der Waals surface area contributed by atoms with Gasteiger partial charge in [0.2, 0.25) is 0 Å². The van der Waals surface area contributed by atoms with E-state index in [-0.39, 0.29) is 12.5 Å². The van der Waals surface area contributed by atoms with Crippen LogP contribution in [0, 0.1) is 0 Å². The zero-order valence-electron chi connectivity index (χ0n) is 15.6. The number of carboxylic acids is 1. The van der Waals surface area contributed by atoms with Crippen LogP contribution in [0.2, 0.25) is 0 Å². The molecule has 0 radical (unpaired) electrons. The summed E-state index contributed by atoms with van der Waals surface area (Å²) in [5.41, 5.74) is 5.28. The lowest BCUT2D eigenvalue weighted by molar-refractivity contribution is -0.162. The first-order valence-electron chi connectivity index (χ1n) is 8.90. The van der Waals surface area contributed by atoms with Crippen LogP contribution in [0.1, 0.15) is 17.0 Å².